The molecule has 108 valence electrons. The summed E-state index contributed by atoms with van der Waals surface area (Å²) in [6.45, 7) is 4.54. The van der Waals surface area contributed by atoms with Crippen LogP contribution in [0.4, 0.5) is 0 Å². The van der Waals surface area contributed by atoms with Gasteiger partial charge in [0.15, 0.2) is 0 Å². The molecule has 0 bridgehead atoms. The minimum atomic E-state index is -0.177. The number of aliphatic hydroxyl groups is 1. The maximum atomic E-state index is 12.2. The normalized spacial score (nSPS) is 12.6. The lowest BCUT2D eigenvalue weighted by Gasteiger charge is -2.14. The van der Waals surface area contributed by atoms with Crippen molar-refractivity contribution in [3.8, 4) is 0 Å². The van der Waals surface area contributed by atoms with E-state index in [1.54, 1.807) is 4.52 Å². The highest BCUT2D eigenvalue weighted by Gasteiger charge is 2.15. The number of hydrogen-bond donors (Lipinski definition) is 2. The van der Waals surface area contributed by atoms with Gasteiger partial charge in [0.25, 0.3) is 11.7 Å². The summed E-state index contributed by atoms with van der Waals surface area (Å²) < 4.78 is 1.54. The quantitative estimate of drug-likeness (QED) is 0.805. The molecule has 7 nitrogen and oxygen atoms in total. The van der Waals surface area contributed by atoms with Gasteiger partial charge in [-0.25, -0.2) is 9.50 Å². The minimum Gasteiger partial charge on any atom is -0.396 e. The molecule has 2 N–H and O–H groups in total. The van der Waals surface area contributed by atoms with Crippen LogP contribution in [-0.4, -0.2) is 43.7 Å². The van der Waals surface area contributed by atoms with Crippen molar-refractivity contribution in [3.05, 3.63) is 23.8 Å². The molecular weight excluding hydrogens is 258 g/mol. The summed E-state index contributed by atoms with van der Waals surface area (Å²) in [5.41, 5.74) is 1.20. The van der Waals surface area contributed by atoms with Crippen LogP contribution in [0, 0.1) is 12.8 Å². The van der Waals surface area contributed by atoms with E-state index >= 15 is 0 Å². The van der Waals surface area contributed by atoms with Crippen molar-refractivity contribution in [2.45, 2.75) is 26.7 Å². The zero-order valence-electron chi connectivity index (χ0n) is 11.7. The average molecular weight is 277 g/mol. The van der Waals surface area contributed by atoms with E-state index in [9.17, 15) is 4.79 Å². The number of aryl methyl sites for hydroxylation is 1. The lowest BCUT2D eigenvalue weighted by atomic mass is 10.0. The lowest BCUT2D eigenvalue weighted by Crippen LogP contribution is -2.30. The third-order valence-electron chi connectivity index (χ3n) is 3.46. The first-order valence-electron chi connectivity index (χ1n) is 6.71. The molecule has 0 aromatic carbocycles. The maximum absolute atomic E-state index is 12.2. The Bertz CT molecular complexity index is 595. The highest BCUT2D eigenvalue weighted by atomic mass is 16.3. The van der Waals surface area contributed by atoms with Crippen LogP contribution in [0.15, 0.2) is 12.5 Å². The van der Waals surface area contributed by atoms with E-state index < -0.39 is 0 Å². The van der Waals surface area contributed by atoms with Crippen molar-refractivity contribution < 1.29 is 9.90 Å². The first-order chi connectivity index (χ1) is 9.67. The van der Waals surface area contributed by atoms with Crippen LogP contribution in [0.1, 0.15) is 35.8 Å². The predicted octanol–water partition coefficient (Wildman–Crippen LogP) is 0.571. The summed E-state index contributed by atoms with van der Waals surface area (Å²) in [6, 6.07) is 0. The van der Waals surface area contributed by atoms with Gasteiger partial charge in [-0.3, -0.25) is 4.79 Å². The van der Waals surface area contributed by atoms with E-state index in [2.05, 4.69) is 20.4 Å². The number of rotatable bonds is 6. The van der Waals surface area contributed by atoms with Gasteiger partial charge in [-0.15, -0.1) is 0 Å². The van der Waals surface area contributed by atoms with Gasteiger partial charge in [0.2, 0.25) is 0 Å². The molecule has 1 atom stereocenters. The van der Waals surface area contributed by atoms with Crippen molar-refractivity contribution in [2.24, 2.45) is 5.92 Å². The van der Waals surface area contributed by atoms with Crippen molar-refractivity contribution in [1.29, 1.82) is 0 Å². The van der Waals surface area contributed by atoms with Gasteiger partial charge in [0.1, 0.15) is 6.33 Å². The number of fused-ring (bicyclic) bond motifs is 1. The molecule has 20 heavy (non-hydrogen) atoms. The molecule has 0 radical (unpaired) electrons. The molecule has 1 amide bonds. The summed E-state index contributed by atoms with van der Waals surface area (Å²) in [4.78, 5) is 20.2. The second kappa shape index (κ2) is 6.42. The lowest BCUT2D eigenvalue weighted by molar-refractivity contribution is 0.0942. The third-order valence-corrected chi connectivity index (χ3v) is 3.46. The number of aliphatic hydroxyl groups excluding tert-OH is 1. The Kier molecular flexibility index (Phi) is 4.62. The van der Waals surface area contributed by atoms with Crippen LogP contribution in [0.25, 0.3) is 5.78 Å². The van der Waals surface area contributed by atoms with E-state index in [-0.39, 0.29) is 18.4 Å². The monoisotopic (exact) mass is 277 g/mol. The summed E-state index contributed by atoms with van der Waals surface area (Å²) >= 11 is 0. The van der Waals surface area contributed by atoms with Gasteiger partial charge in [0.05, 0.1) is 11.3 Å². The second-order valence-electron chi connectivity index (χ2n) is 4.73. The molecule has 0 saturated heterocycles. The van der Waals surface area contributed by atoms with Gasteiger partial charge in [-0.2, -0.15) is 10.1 Å². The standard InChI is InChI=1S/C13H19N5O2/c1-3-10(4-5-19)6-14-12(20)11-7-15-13-16-8-17-18(13)9(11)2/h7-8,10,19H,3-6H2,1-2H3,(H,14,20). The molecule has 0 saturated carbocycles. The Labute approximate surface area is 117 Å². The molecule has 7 heteroatoms. The Morgan fingerprint density at radius 2 is 2.30 bits per heavy atom. The Morgan fingerprint density at radius 3 is 3.00 bits per heavy atom. The van der Waals surface area contributed by atoms with Crippen molar-refractivity contribution in [2.75, 3.05) is 13.2 Å². The Balaban J connectivity index is 2.09. The van der Waals surface area contributed by atoms with E-state index in [1.165, 1.54) is 12.5 Å². The molecule has 2 aromatic heterocycles. The SMILES string of the molecule is CCC(CCO)CNC(=O)c1cnc2ncnn2c1C. The topological polar surface area (TPSA) is 92.4 Å². The molecule has 0 aliphatic rings. The minimum absolute atomic E-state index is 0.139. The van der Waals surface area contributed by atoms with Gasteiger partial charge in [-0.05, 0) is 19.3 Å². The van der Waals surface area contributed by atoms with Gasteiger partial charge < -0.3 is 10.4 Å². The average Bonchev–Trinajstić information content (AvgIpc) is 2.93. The van der Waals surface area contributed by atoms with Crippen LogP contribution < -0.4 is 5.32 Å². The zero-order valence-corrected chi connectivity index (χ0v) is 11.7. The summed E-state index contributed by atoms with van der Waals surface area (Å²) in [7, 11) is 0. The number of carbonyl (C=O) groups excluding carboxylic acids is 1. The molecule has 0 aliphatic heterocycles. The molecule has 2 aromatic rings. The molecule has 0 spiro atoms. The molecular formula is C13H19N5O2. The molecule has 0 fully saturated rings. The van der Waals surface area contributed by atoms with E-state index in [1.807, 2.05) is 13.8 Å². The number of nitrogens with one attached hydrogen (secondary N) is 1. The molecule has 2 heterocycles. The van der Waals surface area contributed by atoms with Crippen LogP contribution in [0.2, 0.25) is 0 Å². The van der Waals surface area contributed by atoms with Crippen LogP contribution in [-0.2, 0) is 0 Å². The molecule has 1 unspecified atom stereocenters. The van der Waals surface area contributed by atoms with Crippen LogP contribution in [0.3, 0.4) is 0 Å². The summed E-state index contributed by atoms with van der Waals surface area (Å²) in [5.74, 6) is 0.585. The van der Waals surface area contributed by atoms with Gasteiger partial charge in [-0.1, -0.05) is 13.3 Å². The smallest absolute Gasteiger partial charge is 0.254 e. The second-order valence-corrected chi connectivity index (χ2v) is 4.73. The number of amides is 1. The summed E-state index contributed by atoms with van der Waals surface area (Å²) in [5, 5.41) is 15.9. The Hall–Kier alpha value is -2.02. The first-order valence-corrected chi connectivity index (χ1v) is 6.71. The summed E-state index contributed by atoms with van der Waals surface area (Å²) in [6.07, 6.45) is 4.53. The van der Waals surface area contributed by atoms with E-state index in [0.717, 1.165) is 6.42 Å². The molecule has 0 aliphatic carbocycles. The van der Waals surface area contributed by atoms with E-state index in [4.69, 9.17) is 5.11 Å². The fourth-order valence-electron chi connectivity index (χ4n) is 2.08. The number of nitrogens with zero attached hydrogens (tertiary/aromatic N) is 4. The Morgan fingerprint density at radius 1 is 1.50 bits per heavy atom. The van der Waals surface area contributed by atoms with Crippen molar-refractivity contribution in [1.82, 2.24) is 24.9 Å². The van der Waals surface area contributed by atoms with Crippen LogP contribution >= 0.6 is 0 Å². The first kappa shape index (κ1) is 14.4. The highest BCUT2D eigenvalue weighted by molar-refractivity contribution is 5.95. The third kappa shape index (κ3) is 2.93. The number of hydrogen-bond acceptors (Lipinski definition) is 5. The van der Waals surface area contributed by atoms with Crippen molar-refractivity contribution in [3.63, 3.8) is 0 Å². The highest BCUT2D eigenvalue weighted by Crippen LogP contribution is 2.09. The van der Waals surface area contributed by atoms with Crippen LogP contribution in [0.5, 0.6) is 0 Å². The fourth-order valence-corrected chi connectivity index (χ4v) is 2.08. The largest absolute Gasteiger partial charge is 0.396 e. The number of carbonyl (C=O) groups is 1. The number of aromatic nitrogens is 4. The van der Waals surface area contributed by atoms with Gasteiger partial charge in [0, 0.05) is 19.3 Å². The maximum Gasteiger partial charge on any atom is 0.254 e. The zero-order chi connectivity index (χ0) is 14.5. The molecule has 2 rings (SSSR count). The van der Waals surface area contributed by atoms with Gasteiger partial charge >= 0.3 is 0 Å². The fraction of sp³-hybridized carbons (Fsp3) is 0.538. The predicted molar refractivity (Wildman–Crippen MR) is 73.3 cm³/mol. The van der Waals surface area contributed by atoms with E-state index in [0.29, 0.717) is 30.0 Å². The van der Waals surface area contributed by atoms with Crippen molar-refractivity contribution >= 4 is 11.7 Å².